The average molecular weight is 431 g/mol. The van der Waals surface area contributed by atoms with Crippen LogP contribution in [0, 0.1) is 5.82 Å². The Kier molecular flexibility index (Phi) is 5.18. The van der Waals surface area contributed by atoms with Crippen molar-refractivity contribution in [1.82, 2.24) is 19.4 Å². The van der Waals surface area contributed by atoms with Crippen LogP contribution in [0.5, 0.6) is 5.75 Å². The molecule has 2 aromatic heterocycles. The second-order valence-electron chi connectivity index (χ2n) is 7.71. The number of anilines is 1. The Labute approximate surface area is 184 Å². The molecule has 0 saturated carbocycles. The first-order valence-electron chi connectivity index (χ1n) is 10.4. The summed E-state index contributed by atoms with van der Waals surface area (Å²) in [6.45, 7) is 1.13. The fraction of sp³-hybridized carbons (Fsp3) is 0.208. The smallest absolute Gasteiger partial charge is 0.321 e. The zero-order valence-corrected chi connectivity index (χ0v) is 17.5. The lowest BCUT2D eigenvalue weighted by Gasteiger charge is -2.19. The number of nitrogens with one attached hydrogen (secondary N) is 1. The Morgan fingerprint density at radius 2 is 1.91 bits per heavy atom. The number of hydrogen-bond donors (Lipinski definition) is 1. The normalized spacial score (nSPS) is 15.8. The number of hydrogen-bond acceptors (Lipinski definition) is 4. The molecule has 5 rings (SSSR count). The molecule has 32 heavy (non-hydrogen) atoms. The number of methoxy groups -OCH3 is 1. The van der Waals surface area contributed by atoms with Crippen LogP contribution in [0.4, 0.5) is 14.9 Å². The summed E-state index contributed by atoms with van der Waals surface area (Å²) >= 11 is 0. The molecule has 1 saturated heterocycles. The van der Waals surface area contributed by atoms with Gasteiger partial charge < -0.3 is 19.5 Å². The molecule has 0 bridgehead atoms. The third kappa shape index (κ3) is 3.75. The number of likely N-dealkylation sites (tertiary alicyclic amines) is 1. The SMILES string of the molecule is COc1ccc(-c2nc3cccnc3n2[C@H]2CCN(C(=O)Nc3ccc(F)cc3)C2)cc1. The van der Waals surface area contributed by atoms with Gasteiger partial charge in [0.25, 0.3) is 0 Å². The molecule has 162 valence electrons. The zero-order chi connectivity index (χ0) is 22.1. The number of carbonyl (C=O) groups is 1. The highest BCUT2D eigenvalue weighted by atomic mass is 19.1. The number of amides is 2. The summed E-state index contributed by atoms with van der Waals surface area (Å²) in [5.41, 5.74) is 3.13. The largest absolute Gasteiger partial charge is 0.497 e. The lowest BCUT2D eigenvalue weighted by molar-refractivity contribution is 0.221. The first kappa shape index (κ1) is 20.0. The molecule has 2 amide bonds. The van der Waals surface area contributed by atoms with Crippen molar-refractivity contribution in [2.75, 3.05) is 25.5 Å². The van der Waals surface area contributed by atoms with Gasteiger partial charge in [-0.1, -0.05) is 0 Å². The molecule has 8 heteroatoms. The summed E-state index contributed by atoms with van der Waals surface area (Å²) in [5.74, 6) is 1.25. The Hall–Kier alpha value is -3.94. The van der Waals surface area contributed by atoms with Crippen LogP contribution >= 0.6 is 0 Å². The van der Waals surface area contributed by atoms with Crippen molar-refractivity contribution in [3.8, 4) is 17.1 Å². The van der Waals surface area contributed by atoms with E-state index in [9.17, 15) is 9.18 Å². The Morgan fingerprint density at radius 3 is 2.66 bits per heavy atom. The number of pyridine rings is 1. The van der Waals surface area contributed by atoms with Crippen molar-refractivity contribution >= 4 is 22.9 Å². The van der Waals surface area contributed by atoms with E-state index in [1.165, 1.54) is 12.1 Å². The van der Waals surface area contributed by atoms with Gasteiger partial charge in [-0.25, -0.2) is 19.2 Å². The van der Waals surface area contributed by atoms with E-state index in [1.54, 1.807) is 30.3 Å². The number of rotatable bonds is 4. The number of imidazole rings is 1. The zero-order valence-electron chi connectivity index (χ0n) is 17.5. The minimum absolute atomic E-state index is 0.0333. The second kappa shape index (κ2) is 8.30. The number of carbonyl (C=O) groups excluding carboxylic acids is 1. The number of benzene rings is 2. The topological polar surface area (TPSA) is 72.3 Å². The third-order valence-electron chi connectivity index (χ3n) is 5.71. The van der Waals surface area contributed by atoms with E-state index < -0.39 is 0 Å². The van der Waals surface area contributed by atoms with Crippen LogP contribution in [-0.2, 0) is 0 Å². The van der Waals surface area contributed by atoms with Crippen molar-refractivity contribution < 1.29 is 13.9 Å². The van der Waals surface area contributed by atoms with Crippen molar-refractivity contribution in [3.05, 3.63) is 72.7 Å². The highest BCUT2D eigenvalue weighted by molar-refractivity contribution is 5.89. The van der Waals surface area contributed by atoms with E-state index in [2.05, 4.69) is 14.9 Å². The highest BCUT2D eigenvalue weighted by Gasteiger charge is 2.31. The standard InChI is InChI=1S/C24H22FN5O2/c1-32-20-10-4-16(5-11-20)22-28-21-3-2-13-26-23(21)30(22)19-12-14-29(15-19)24(31)27-18-8-6-17(25)7-9-18/h2-11,13,19H,12,14-15H2,1H3,(H,27,31)/t19-/m0/s1. The summed E-state index contributed by atoms with van der Waals surface area (Å²) in [6.07, 6.45) is 2.54. The lowest BCUT2D eigenvalue weighted by Crippen LogP contribution is -2.33. The van der Waals surface area contributed by atoms with Gasteiger partial charge in [-0.15, -0.1) is 0 Å². The minimum atomic E-state index is -0.338. The van der Waals surface area contributed by atoms with Crippen LogP contribution in [0.25, 0.3) is 22.6 Å². The fourth-order valence-electron chi connectivity index (χ4n) is 4.09. The van der Waals surface area contributed by atoms with Gasteiger partial charge in [-0.05, 0) is 67.1 Å². The van der Waals surface area contributed by atoms with Crippen LogP contribution in [0.2, 0.25) is 0 Å². The molecule has 1 aliphatic rings. The fourth-order valence-corrected chi connectivity index (χ4v) is 4.09. The number of aromatic nitrogens is 3. The van der Waals surface area contributed by atoms with E-state index in [4.69, 9.17) is 9.72 Å². The predicted molar refractivity (Wildman–Crippen MR) is 120 cm³/mol. The Balaban J connectivity index is 1.43. The Morgan fingerprint density at radius 1 is 1.12 bits per heavy atom. The molecule has 4 aromatic rings. The maximum absolute atomic E-state index is 13.1. The average Bonchev–Trinajstić information content (AvgIpc) is 3.45. The quantitative estimate of drug-likeness (QED) is 0.507. The molecule has 7 nitrogen and oxygen atoms in total. The first-order chi connectivity index (χ1) is 15.6. The van der Waals surface area contributed by atoms with Gasteiger partial charge in [0.15, 0.2) is 5.65 Å². The molecule has 0 unspecified atom stereocenters. The molecule has 1 atom stereocenters. The number of ether oxygens (including phenoxy) is 1. The van der Waals surface area contributed by atoms with Crippen LogP contribution in [0.3, 0.4) is 0 Å². The van der Waals surface area contributed by atoms with Crippen molar-refractivity contribution in [3.63, 3.8) is 0 Å². The Bertz CT molecular complexity index is 1250. The van der Waals surface area contributed by atoms with E-state index in [0.717, 1.165) is 34.7 Å². The molecule has 3 heterocycles. The van der Waals surface area contributed by atoms with Crippen molar-refractivity contribution in [1.29, 1.82) is 0 Å². The van der Waals surface area contributed by atoms with Gasteiger partial charge in [0.2, 0.25) is 0 Å². The maximum Gasteiger partial charge on any atom is 0.321 e. The second-order valence-corrected chi connectivity index (χ2v) is 7.71. The summed E-state index contributed by atoms with van der Waals surface area (Å²) in [4.78, 5) is 23.9. The number of urea groups is 1. The van der Waals surface area contributed by atoms with Crippen LogP contribution in [0.1, 0.15) is 12.5 Å². The number of halogens is 1. The lowest BCUT2D eigenvalue weighted by atomic mass is 10.2. The molecule has 1 fully saturated rings. The van der Waals surface area contributed by atoms with E-state index >= 15 is 0 Å². The number of fused-ring (bicyclic) bond motifs is 1. The molecule has 0 radical (unpaired) electrons. The highest BCUT2D eigenvalue weighted by Crippen LogP contribution is 2.33. The van der Waals surface area contributed by atoms with Gasteiger partial charge in [-0.2, -0.15) is 0 Å². The van der Waals surface area contributed by atoms with Gasteiger partial charge in [0, 0.05) is 30.5 Å². The summed E-state index contributed by atoms with van der Waals surface area (Å²) in [6, 6.07) is 17.2. The molecular formula is C24H22FN5O2. The van der Waals surface area contributed by atoms with Crippen molar-refractivity contribution in [2.45, 2.75) is 12.5 Å². The summed E-state index contributed by atoms with van der Waals surface area (Å²) in [7, 11) is 1.64. The van der Waals surface area contributed by atoms with Gasteiger partial charge in [0.05, 0.1) is 13.2 Å². The predicted octanol–water partition coefficient (Wildman–Crippen LogP) is 4.72. The molecule has 0 spiro atoms. The van der Waals surface area contributed by atoms with E-state index in [0.29, 0.717) is 18.8 Å². The molecule has 2 aromatic carbocycles. The van der Waals surface area contributed by atoms with Crippen LogP contribution in [0.15, 0.2) is 66.9 Å². The molecule has 0 aliphatic carbocycles. The third-order valence-corrected chi connectivity index (χ3v) is 5.71. The molecular weight excluding hydrogens is 409 g/mol. The van der Waals surface area contributed by atoms with Crippen molar-refractivity contribution in [2.24, 2.45) is 0 Å². The van der Waals surface area contributed by atoms with Crippen LogP contribution in [-0.4, -0.2) is 45.7 Å². The maximum atomic E-state index is 13.1. The van der Waals surface area contributed by atoms with Crippen LogP contribution < -0.4 is 10.1 Å². The molecule has 1 N–H and O–H groups in total. The molecule has 1 aliphatic heterocycles. The summed E-state index contributed by atoms with van der Waals surface area (Å²) < 4.78 is 20.5. The number of nitrogens with zero attached hydrogens (tertiary/aromatic N) is 4. The van der Waals surface area contributed by atoms with Gasteiger partial charge in [-0.3, -0.25) is 0 Å². The monoisotopic (exact) mass is 431 g/mol. The van der Waals surface area contributed by atoms with E-state index in [1.807, 2.05) is 36.4 Å². The minimum Gasteiger partial charge on any atom is -0.497 e. The van der Waals surface area contributed by atoms with Gasteiger partial charge in [0.1, 0.15) is 22.9 Å². The first-order valence-corrected chi connectivity index (χ1v) is 10.4. The summed E-state index contributed by atoms with van der Waals surface area (Å²) in [5, 5.41) is 2.84. The van der Waals surface area contributed by atoms with E-state index in [-0.39, 0.29) is 17.9 Å². The van der Waals surface area contributed by atoms with Gasteiger partial charge >= 0.3 is 6.03 Å².